The van der Waals surface area contributed by atoms with Crippen LogP contribution in [0.4, 0.5) is 0 Å². The van der Waals surface area contributed by atoms with Crippen molar-refractivity contribution in [2.75, 3.05) is 6.61 Å². The Bertz CT molecular complexity index is 181. The van der Waals surface area contributed by atoms with Gasteiger partial charge in [0.05, 0.1) is 0 Å². The summed E-state index contributed by atoms with van der Waals surface area (Å²) in [6, 6.07) is 0. The van der Waals surface area contributed by atoms with E-state index in [1.807, 2.05) is 0 Å². The molecule has 6 heteroatoms. The van der Waals surface area contributed by atoms with Gasteiger partial charge >= 0.3 is 5.97 Å². The highest BCUT2D eigenvalue weighted by Crippen LogP contribution is 2.29. The van der Waals surface area contributed by atoms with E-state index in [0.717, 1.165) is 0 Å². The molecule has 1 aliphatic rings. The first-order valence-electron chi connectivity index (χ1n) is 3.48. The average Bonchev–Trinajstić information content (AvgIpc) is 2.33. The Morgan fingerprint density at radius 2 is 2.42 bits per heavy atom. The van der Waals surface area contributed by atoms with Crippen LogP contribution in [0.2, 0.25) is 0 Å². The number of aliphatic hydroxyl groups is 1. The van der Waals surface area contributed by atoms with Gasteiger partial charge in [0.15, 0.2) is 0 Å². The van der Waals surface area contributed by atoms with Crippen LogP contribution in [0.15, 0.2) is 0 Å². The second-order valence-electron chi connectivity index (χ2n) is 2.56. The summed E-state index contributed by atoms with van der Waals surface area (Å²) >= 11 is 0. The Morgan fingerprint density at radius 1 is 1.75 bits per heavy atom. The summed E-state index contributed by atoms with van der Waals surface area (Å²) in [7, 11) is 0. The maximum Gasteiger partial charge on any atom is 0.380 e. The Morgan fingerprint density at radius 3 is 2.75 bits per heavy atom. The van der Waals surface area contributed by atoms with Crippen LogP contribution in [0, 0.1) is 0 Å². The molecule has 0 aliphatic carbocycles. The van der Waals surface area contributed by atoms with Crippen LogP contribution < -0.4 is 0 Å². The third-order valence-electron chi connectivity index (χ3n) is 1.92. The normalized spacial score (nSPS) is 35.2. The molecule has 2 atom stereocenters. The van der Waals surface area contributed by atoms with Crippen molar-refractivity contribution in [2.24, 2.45) is 0 Å². The van der Waals surface area contributed by atoms with Crippen molar-refractivity contribution in [3.05, 3.63) is 0 Å². The van der Waals surface area contributed by atoms with Crippen molar-refractivity contribution in [1.82, 2.24) is 0 Å². The second kappa shape index (κ2) is 3.36. The zero-order chi connectivity index (χ0) is 9.19. The number of rotatable bonds is 3. The van der Waals surface area contributed by atoms with Crippen molar-refractivity contribution in [3.8, 4) is 0 Å². The van der Waals surface area contributed by atoms with Gasteiger partial charge in [0.2, 0.25) is 5.60 Å². The van der Waals surface area contributed by atoms with E-state index in [4.69, 9.17) is 10.4 Å². The monoisotopic (exact) mass is 178 g/mol. The van der Waals surface area contributed by atoms with Gasteiger partial charge in [-0.05, 0) is 6.92 Å². The van der Waals surface area contributed by atoms with E-state index >= 15 is 0 Å². The average molecular weight is 178 g/mol. The number of carbonyl (C=O) groups excluding carboxylic acids is 1. The van der Waals surface area contributed by atoms with Gasteiger partial charge in [0.25, 0.3) is 0 Å². The minimum atomic E-state index is -1.57. The van der Waals surface area contributed by atoms with Crippen molar-refractivity contribution >= 4 is 5.97 Å². The molecule has 1 aliphatic heterocycles. The van der Waals surface area contributed by atoms with Gasteiger partial charge < -0.3 is 5.11 Å². The van der Waals surface area contributed by atoms with Crippen LogP contribution in [0.25, 0.3) is 0 Å². The molecule has 2 unspecified atom stereocenters. The molecule has 0 aromatic heterocycles. The van der Waals surface area contributed by atoms with Gasteiger partial charge in [-0.2, -0.15) is 4.89 Å². The fourth-order valence-electron chi connectivity index (χ4n) is 1.06. The highest BCUT2D eigenvalue weighted by Gasteiger charge is 2.54. The first kappa shape index (κ1) is 9.40. The number of hydrogen-bond donors (Lipinski definition) is 2. The molecule has 0 saturated carbocycles. The molecule has 0 amide bonds. The van der Waals surface area contributed by atoms with E-state index in [1.54, 1.807) is 0 Å². The minimum Gasteiger partial charge on any atom is -0.396 e. The molecule has 0 aromatic carbocycles. The van der Waals surface area contributed by atoms with E-state index in [9.17, 15) is 4.79 Å². The molecule has 1 saturated heterocycles. The molecule has 1 rings (SSSR count). The summed E-state index contributed by atoms with van der Waals surface area (Å²) in [5.41, 5.74) is -1.57. The van der Waals surface area contributed by atoms with Crippen LogP contribution in [-0.4, -0.2) is 34.6 Å². The molecular formula is C6H10O6. The lowest BCUT2D eigenvalue weighted by Gasteiger charge is -2.20. The number of aliphatic hydroxyl groups excluding tert-OH is 1. The minimum absolute atomic E-state index is 0.0660. The highest BCUT2D eigenvalue weighted by molar-refractivity contribution is 5.81. The predicted octanol–water partition coefficient (Wildman–Crippen LogP) is -0.526. The van der Waals surface area contributed by atoms with Gasteiger partial charge in [0.1, 0.15) is 6.10 Å². The Kier molecular flexibility index (Phi) is 2.63. The first-order chi connectivity index (χ1) is 5.67. The Balaban J connectivity index is 2.80. The van der Waals surface area contributed by atoms with Gasteiger partial charge in [-0.25, -0.2) is 9.68 Å². The number of carbonyl (C=O) groups is 1. The molecule has 6 nitrogen and oxygen atoms in total. The molecule has 0 bridgehead atoms. The lowest BCUT2D eigenvalue weighted by Crippen LogP contribution is -2.45. The van der Waals surface area contributed by atoms with Gasteiger partial charge in [-0.15, -0.1) is 0 Å². The van der Waals surface area contributed by atoms with E-state index in [2.05, 4.69) is 14.7 Å². The maximum atomic E-state index is 11.0. The van der Waals surface area contributed by atoms with Crippen molar-refractivity contribution in [1.29, 1.82) is 0 Å². The van der Waals surface area contributed by atoms with Crippen molar-refractivity contribution in [2.45, 2.75) is 25.0 Å². The van der Waals surface area contributed by atoms with Crippen molar-refractivity contribution < 1.29 is 29.8 Å². The molecule has 0 aromatic rings. The van der Waals surface area contributed by atoms with Crippen LogP contribution in [0.5, 0.6) is 0 Å². The summed E-state index contributed by atoms with van der Waals surface area (Å²) in [6.45, 7) is 1.19. The van der Waals surface area contributed by atoms with Crippen LogP contribution >= 0.6 is 0 Å². The summed E-state index contributed by atoms with van der Waals surface area (Å²) in [5.74, 6) is -0.827. The first-order valence-corrected chi connectivity index (χ1v) is 3.48. The highest BCUT2D eigenvalue weighted by atomic mass is 17.2. The second-order valence-corrected chi connectivity index (χ2v) is 2.56. The predicted molar refractivity (Wildman–Crippen MR) is 34.8 cm³/mol. The standard InChI is InChI=1S/C6H10O6/c1-4-6(12-9,2-3-7)5(8)11-10-4/h4,7,9H,2-3H2,1H3. The van der Waals surface area contributed by atoms with Crippen LogP contribution in [0.3, 0.4) is 0 Å². The molecule has 0 spiro atoms. The smallest absolute Gasteiger partial charge is 0.380 e. The lowest BCUT2D eigenvalue weighted by atomic mass is 9.95. The Labute approximate surface area is 68.5 Å². The summed E-state index contributed by atoms with van der Waals surface area (Å²) in [5, 5.41) is 17.1. The fourth-order valence-corrected chi connectivity index (χ4v) is 1.06. The third-order valence-corrected chi connectivity index (χ3v) is 1.92. The zero-order valence-electron chi connectivity index (χ0n) is 6.52. The summed E-state index contributed by atoms with van der Waals surface area (Å²) in [4.78, 5) is 23.7. The van der Waals surface area contributed by atoms with Crippen LogP contribution in [0.1, 0.15) is 13.3 Å². The van der Waals surface area contributed by atoms with Gasteiger partial charge in [-0.3, -0.25) is 10.1 Å². The molecule has 12 heavy (non-hydrogen) atoms. The lowest BCUT2D eigenvalue weighted by molar-refractivity contribution is -0.328. The SMILES string of the molecule is CC1OOC(=O)C1(CCO)OO. The van der Waals surface area contributed by atoms with E-state index < -0.39 is 17.7 Å². The van der Waals surface area contributed by atoms with E-state index in [-0.39, 0.29) is 13.0 Å². The largest absolute Gasteiger partial charge is 0.396 e. The molecule has 1 heterocycles. The zero-order valence-corrected chi connectivity index (χ0v) is 6.52. The molecule has 1 fully saturated rings. The summed E-state index contributed by atoms with van der Waals surface area (Å²) in [6.07, 6.45) is -0.800. The topological polar surface area (TPSA) is 85.2 Å². The maximum absolute atomic E-state index is 11.0. The molecule has 70 valence electrons. The van der Waals surface area contributed by atoms with Crippen LogP contribution in [-0.2, 0) is 19.5 Å². The van der Waals surface area contributed by atoms with Gasteiger partial charge in [0, 0.05) is 13.0 Å². The molecule has 2 N–H and O–H groups in total. The van der Waals surface area contributed by atoms with Crippen molar-refractivity contribution in [3.63, 3.8) is 0 Å². The fraction of sp³-hybridized carbons (Fsp3) is 0.833. The van der Waals surface area contributed by atoms with E-state index in [1.165, 1.54) is 6.92 Å². The molecule has 0 radical (unpaired) electrons. The Hall–Kier alpha value is -0.690. The van der Waals surface area contributed by atoms with E-state index in [0.29, 0.717) is 0 Å². The summed E-state index contributed by atoms with van der Waals surface area (Å²) < 4.78 is 0. The quantitative estimate of drug-likeness (QED) is 0.446. The number of hydrogen-bond acceptors (Lipinski definition) is 6. The third kappa shape index (κ3) is 1.18. The van der Waals surface area contributed by atoms with Gasteiger partial charge in [-0.1, -0.05) is 0 Å². The molecular weight excluding hydrogens is 168 g/mol.